The van der Waals surface area contributed by atoms with Gasteiger partial charge in [-0.2, -0.15) is 0 Å². The Balaban J connectivity index is 1.45. The van der Waals surface area contributed by atoms with Crippen molar-refractivity contribution in [1.29, 1.82) is 0 Å². The van der Waals surface area contributed by atoms with Crippen LogP contribution in [0, 0.1) is 6.92 Å². The Hall–Kier alpha value is -3.63. The maximum absolute atomic E-state index is 13.0. The zero-order valence-corrected chi connectivity index (χ0v) is 21.1. The number of methoxy groups -OCH3 is 1. The van der Waals surface area contributed by atoms with E-state index in [2.05, 4.69) is 5.32 Å². The Morgan fingerprint density at radius 1 is 1.11 bits per heavy atom. The number of carbonyl (C=O) groups is 2. The summed E-state index contributed by atoms with van der Waals surface area (Å²) in [6.45, 7) is 1.87. The first kappa shape index (κ1) is 24.5. The second kappa shape index (κ2) is 10.3. The SMILES string of the molecule is COc1ccccc1/C=C1\SC(=S)N(CCC(=O)Nc2c(C)n(C)n(-c3ccccc3)c2=O)C1=O. The van der Waals surface area contributed by atoms with Gasteiger partial charge in [0, 0.05) is 25.6 Å². The molecule has 8 nitrogen and oxygen atoms in total. The highest BCUT2D eigenvalue weighted by molar-refractivity contribution is 8.26. The van der Waals surface area contributed by atoms with Gasteiger partial charge in [-0.1, -0.05) is 60.4 Å². The van der Waals surface area contributed by atoms with Crippen molar-refractivity contribution in [1.82, 2.24) is 14.3 Å². The zero-order chi connectivity index (χ0) is 25.1. The van der Waals surface area contributed by atoms with Gasteiger partial charge in [0.1, 0.15) is 15.8 Å². The molecule has 0 atom stereocenters. The highest BCUT2D eigenvalue weighted by atomic mass is 32.2. The van der Waals surface area contributed by atoms with Crippen LogP contribution in [-0.2, 0) is 16.6 Å². The molecule has 0 bridgehead atoms. The summed E-state index contributed by atoms with van der Waals surface area (Å²) in [6.07, 6.45) is 1.73. The van der Waals surface area contributed by atoms with Crippen molar-refractivity contribution in [2.75, 3.05) is 19.0 Å². The minimum absolute atomic E-state index is 0.00646. The lowest BCUT2D eigenvalue weighted by Gasteiger charge is -2.14. The number of thiocarbonyl (C=S) groups is 1. The quantitative estimate of drug-likeness (QED) is 0.387. The molecule has 2 aromatic carbocycles. The minimum atomic E-state index is -0.376. The van der Waals surface area contributed by atoms with Crippen LogP contribution in [0.15, 0.2) is 64.3 Å². The summed E-state index contributed by atoms with van der Waals surface area (Å²) < 4.78 is 8.91. The number of anilines is 1. The molecule has 10 heteroatoms. The third kappa shape index (κ3) is 4.94. The van der Waals surface area contributed by atoms with Gasteiger partial charge < -0.3 is 10.1 Å². The van der Waals surface area contributed by atoms with Gasteiger partial charge in [0.25, 0.3) is 11.5 Å². The van der Waals surface area contributed by atoms with Crippen LogP contribution >= 0.6 is 24.0 Å². The van der Waals surface area contributed by atoms with E-state index in [1.165, 1.54) is 21.3 Å². The van der Waals surface area contributed by atoms with Crippen molar-refractivity contribution in [3.05, 3.63) is 81.1 Å². The van der Waals surface area contributed by atoms with Crippen LogP contribution < -0.4 is 15.6 Å². The Kier molecular flexibility index (Phi) is 7.23. The lowest BCUT2D eigenvalue weighted by molar-refractivity contribution is -0.122. The molecule has 1 aliphatic rings. The van der Waals surface area contributed by atoms with Gasteiger partial charge in [-0.15, -0.1) is 0 Å². The molecular formula is C25H24N4O4S2. The fraction of sp³-hybridized carbons (Fsp3) is 0.200. The minimum Gasteiger partial charge on any atom is -0.496 e. The van der Waals surface area contributed by atoms with Crippen molar-refractivity contribution < 1.29 is 14.3 Å². The summed E-state index contributed by atoms with van der Waals surface area (Å²) >= 11 is 6.56. The molecule has 35 heavy (non-hydrogen) atoms. The molecular weight excluding hydrogens is 484 g/mol. The van der Waals surface area contributed by atoms with E-state index in [9.17, 15) is 14.4 Å². The molecule has 1 aromatic heterocycles. The molecule has 1 aliphatic heterocycles. The lowest BCUT2D eigenvalue weighted by atomic mass is 10.2. The van der Waals surface area contributed by atoms with Crippen LogP contribution in [0.25, 0.3) is 11.8 Å². The van der Waals surface area contributed by atoms with E-state index in [0.717, 1.165) is 5.56 Å². The van der Waals surface area contributed by atoms with Crippen LogP contribution in [0.5, 0.6) is 5.75 Å². The predicted molar refractivity (Wildman–Crippen MR) is 142 cm³/mol. The molecule has 2 amide bonds. The first-order valence-electron chi connectivity index (χ1n) is 10.8. The number of hydrogen-bond donors (Lipinski definition) is 1. The average molecular weight is 509 g/mol. The van der Waals surface area contributed by atoms with Gasteiger partial charge >= 0.3 is 0 Å². The molecule has 0 radical (unpaired) electrons. The van der Waals surface area contributed by atoms with Gasteiger partial charge in [0.2, 0.25) is 5.91 Å². The number of nitrogens with one attached hydrogen (secondary N) is 1. The van der Waals surface area contributed by atoms with E-state index in [1.54, 1.807) is 31.8 Å². The maximum atomic E-state index is 13.0. The number of amides is 2. The summed E-state index contributed by atoms with van der Waals surface area (Å²) in [5.41, 5.74) is 1.97. The van der Waals surface area contributed by atoms with E-state index in [1.807, 2.05) is 54.6 Å². The number of nitrogens with zero attached hydrogens (tertiary/aromatic N) is 3. The number of benzene rings is 2. The first-order valence-corrected chi connectivity index (χ1v) is 12.1. The molecule has 3 aromatic rings. The van der Waals surface area contributed by atoms with Gasteiger partial charge in [-0.3, -0.25) is 24.0 Å². The standard InChI is InChI=1S/C25H24N4O4S2/c1-16-22(24(32)29(27(16)2)18-10-5-4-6-11-18)26-21(30)13-14-28-23(31)20(35-25(28)34)15-17-9-7-8-12-19(17)33-3/h4-12,15H,13-14H2,1-3H3,(H,26,30)/b20-15-. The number of rotatable bonds is 7. The van der Waals surface area contributed by atoms with E-state index < -0.39 is 0 Å². The van der Waals surface area contributed by atoms with Crippen LogP contribution in [0.4, 0.5) is 5.69 Å². The van der Waals surface area contributed by atoms with Crippen molar-refractivity contribution in [2.24, 2.45) is 7.05 Å². The van der Waals surface area contributed by atoms with Crippen molar-refractivity contribution in [3.63, 3.8) is 0 Å². The van der Waals surface area contributed by atoms with Crippen molar-refractivity contribution in [3.8, 4) is 11.4 Å². The molecule has 180 valence electrons. The number of aromatic nitrogens is 2. The Morgan fingerprint density at radius 3 is 2.51 bits per heavy atom. The fourth-order valence-electron chi connectivity index (χ4n) is 3.75. The molecule has 1 saturated heterocycles. The smallest absolute Gasteiger partial charge is 0.295 e. The van der Waals surface area contributed by atoms with Crippen LogP contribution in [-0.4, -0.2) is 44.1 Å². The number of hydrogen-bond acceptors (Lipinski definition) is 6. The Labute approximate surface area is 212 Å². The van der Waals surface area contributed by atoms with Crippen LogP contribution in [0.2, 0.25) is 0 Å². The summed E-state index contributed by atoms with van der Waals surface area (Å²) in [7, 11) is 3.33. The molecule has 4 rings (SSSR count). The van der Waals surface area contributed by atoms with Gasteiger partial charge in [-0.25, -0.2) is 4.68 Å². The highest BCUT2D eigenvalue weighted by Gasteiger charge is 2.32. The molecule has 2 heterocycles. The fourth-order valence-corrected chi connectivity index (χ4v) is 5.05. The van der Waals surface area contributed by atoms with Gasteiger partial charge in [0.15, 0.2) is 0 Å². The summed E-state index contributed by atoms with van der Waals surface area (Å²) in [4.78, 5) is 40.5. The number of ether oxygens (including phenoxy) is 1. The second-order valence-electron chi connectivity index (χ2n) is 7.81. The molecule has 1 N–H and O–H groups in total. The molecule has 1 fully saturated rings. The van der Waals surface area contributed by atoms with E-state index in [4.69, 9.17) is 17.0 Å². The second-order valence-corrected chi connectivity index (χ2v) is 9.49. The van der Waals surface area contributed by atoms with Gasteiger partial charge in [0.05, 0.1) is 23.4 Å². The third-order valence-corrected chi connectivity index (χ3v) is 7.06. The first-order chi connectivity index (χ1) is 16.8. The highest BCUT2D eigenvalue weighted by Crippen LogP contribution is 2.34. The monoisotopic (exact) mass is 508 g/mol. The third-order valence-electron chi connectivity index (χ3n) is 5.68. The predicted octanol–water partition coefficient (Wildman–Crippen LogP) is 3.72. The van der Waals surface area contributed by atoms with E-state index in [-0.39, 0.29) is 36.0 Å². The van der Waals surface area contributed by atoms with Gasteiger partial charge in [-0.05, 0) is 31.2 Å². The van der Waals surface area contributed by atoms with E-state index in [0.29, 0.717) is 26.4 Å². The summed E-state index contributed by atoms with van der Waals surface area (Å²) in [5.74, 6) is 0.0105. The number of para-hydroxylation sites is 2. The average Bonchev–Trinajstić information content (AvgIpc) is 3.24. The van der Waals surface area contributed by atoms with E-state index >= 15 is 0 Å². The molecule has 0 saturated carbocycles. The maximum Gasteiger partial charge on any atom is 0.295 e. The molecule has 0 aliphatic carbocycles. The lowest BCUT2D eigenvalue weighted by Crippen LogP contribution is -2.32. The summed E-state index contributed by atoms with van der Waals surface area (Å²) in [6, 6.07) is 16.6. The Morgan fingerprint density at radius 2 is 1.80 bits per heavy atom. The summed E-state index contributed by atoms with van der Waals surface area (Å²) in [5, 5.41) is 2.72. The number of carbonyl (C=O) groups excluding carboxylic acids is 2. The van der Waals surface area contributed by atoms with Crippen molar-refractivity contribution in [2.45, 2.75) is 13.3 Å². The normalized spacial score (nSPS) is 14.6. The molecule has 0 unspecified atom stereocenters. The number of thioether (sulfide) groups is 1. The van der Waals surface area contributed by atoms with Crippen LogP contribution in [0.3, 0.4) is 0 Å². The Bertz CT molecular complexity index is 1390. The zero-order valence-electron chi connectivity index (χ0n) is 19.5. The van der Waals surface area contributed by atoms with Crippen LogP contribution in [0.1, 0.15) is 17.7 Å². The topological polar surface area (TPSA) is 85.6 Å². The largest absolute Gasteiger partial charge is 0.496 e. The van der Waals surface area contributed by atoms with Crippen molar-refractivity contribution >= 4 is 51.9 Å². The molecule has 0 spiro atoms.